The monoisotopic (exact) mass is 122 g/mol. The van der Waals surface area contributed by atoms with Crippen molar-refractivity contribution < 1.29 is 4.57 Å². The average molecular weight is 122 g/mol. The Morgan fingerprint density at radius 3 is 2.67 bits per heavy atom. The van der Waals surface area contributed by atoms with E-state index in [1.165, 1.54) is 0 Å². The van der Waals surface area contributed by atoms with Crippen LogP contribution in [0.15, 0.2) is 12.4 Å². The fourth-order valence-corrected chi connectivity index (χ4v) is 0.748. The molecule has 46 valence electrons. The lowest BCUT2D eigenvalue weighted by atomic mass is 10.6. The summed E-state index contributed by atoms with van der Waals surface area (Å²) in [6.45, 7) is 0. The lowest BCUT2D eigenvalue weighted by Crippen LogP contribution is -2.29. The van der Waals surface area contributed by atoms with Crippen LogP contribution in [0.4, 0.5) is 0 Å². The maximum absolute atomic E-state index is 8.50. The van der Waals surface area contributed by atoms with Crippen molar-refractivity contribution in [1.29, 1.82) is 5.26 Å². The fraction of sp³-hybridized carbons (Fsp3) is 0.333. The molecule has 0 atom stereocenters. The minimum atomic E-state index is 0.662. The second-order valence-corrected chi connectivity index (χ2v) is 1.96. The van der Waals surface area contributed by atoms with E-state index in [1.54, 1.807) is 9.13 Å². The Balaban J connectivity index is 3.27. The van der Waals surface area contributed by atoms with Gasteiger partial charge in [-0.1, -0.05) is 0 Å². The van der Waals surface area contributed by atoms with Gasteiger partial charge < -0.3 is 0 Å². The zero-order valence-electron chi connectivity index (χ0n) is 5.50. The normalized spacial score (nSPS) is 9.00. The van der Waals surface area contributed by atoms with Crippen LogP contribution in [-0.4, -0.2) is 4.57 Å². The molecule has 0 fully saturated rings. The van der Waals surface area contributed by atoms with Crippen LogP contribution in [0.25, 0.3) is 0 Å². The largest absolute Gasteiger partial charge is 0.361 e. The molecule has 1 aromatic heterocycles. The molecule has 0 aliphatic heterocycles. The van der Waals surface area contributed by atoms with Crippen LogP contribution in [0.5, 0.6) is 0 Å². The van der Waals surface area contributed by atoms with Gasteiger partial charge in [0, 0.05) is 0 Å². The quantitative estimate of drug-likeness (QED) is 0.436. The second kappa shape index (κ2) is 1.90. The van der Waals surface area contributed by atoms with E-state index in [2.05, 4.69) is 6.07 Å². The first-order valence-corrected chi connectivity index (χ1v) is 2.66. The van der Waals surface area contributed by atoms with Crippen molar-refractivity contribution in [3.05, 3.63) is 18.2 Å². The molecule has 3 nitrogen and oxygen atoms in total. The summed E-state index contributed by atoms with van der Waals surface area (Å²) in [4.78, 5) is 0. The summed E-state index contributed by atoms with van der Waals surface area (Å²) >= 11 is 0. The third kappa shape index (κ3) is 0.789. The van der Waals surface area contributed by atoms with E-state index in [0.29, 0.717) is 5.82 Å². The van der Waals surface area contributed by atoms with Crippen LogP contribution in [0.1, 0.15) is 5.82 Å². The minimum Gasteiger partial charge on any atom is -0.224 e. The predicted molar refractivity (Wildman–Crippen MR) is 31.3 cm³/mol. The molecule has 0 unspecified atom stereocenters. The maximum atomic E-state index is 8.50. The van der Waals surface area contributed by atoms with Crippen LogP contribution in [0.2, 0.25) is 0 Å². The SMILES string of the molecule is Cn1cc[n+](C)c1C#N. The molecular weight excluding hydrogens is 114 g/mol. The number of hydrogen-bond acceptors (Lipinski definition) is 1. The van der Waals surface area contributed by atoms with Crippen molar-refractivity contribution >= 4 is 0 Å². The Bertz CT molecular complexity index is 234. The standard InChI is InChI=1S/C6H8N3/c1-8-3-4-9(2)6(8)5-7/h3-4H,1-2H3/q+1. The van der Waals surface area contributed by atoms with Crippen LogP contribution < -0.4 is 4.57 Å². The zero-order valence-corrected chi connectivity index (χ0v) is 5.50. The molecule has 0 spiro atoms. The molecule has 0 aromatic carbocycles. The minimum absolute atomic E-state index is 0.662. The summed E-state index contributed by atoms with van der Waals surface area (Å²) in [5.41, 5.74) is 0. The molecule has 3 heteroatoms. The third-order valence-corrected chi connectivity index (χ3v) is 1.28. The number of aromatic nitrogens is 2. The Hall–Kier alpha value is -1.30. The van der Waals surface area contributed by atoms with E-state index < -0.39 is 0 Å². The van der Waals surface area contributed by atoms with Gasteiger partial charge in [-0.3, -0.25) is 0 Å². The summed E-state index contributed by atoms with van der Waals surface area (Å²) in [6, 6.07) is 2.07. The topological polar surface area (TPSA) is 32.6 Å². The molecular formula is C6H8N3+. The van der Waals surface area contributed by atoms with E-state index in [1.807, 2.05) is 26.5 Å². The van der Waals surface area contributed by atoms with E-state index in [9.17, 15) is 0 Å². The highest BCUT2D eigenvalue weighted by Gasteiger charge is 2.07. The molecule has 0 aliphatic rings. The highest BCUT2D eigenvalue weighted by molar-refractivity contribution is 5.03. The summed E-state index contributed by atoms with van der Waals surface area (Å²) in [7, 11) is 3.69. The maximum Gasteiger partial charge on any atom is 0.361 e. The summed E-state index contributed by atoms with van der Waals surface area (Å²) < 4.78 is 3.56. The molecule has 0 radical (unpaired) electrons. The van der Waals surface area contributed by atoms with Crippen molar-refractivity contribution in [2.75, 3.05) is 0 Å². The highest BCUT2D eigenvalue weighted by Crippen LogP contribution is 1.85. The van der Waals surface area contributed by atoms with Gasteiger partial charge in [0.05, 0.1) is 14.1 Å². The van der Waals surface area contributed by atoms with Gasteiger partial charge in [-0.05, 0) is 0 Å². The van der Waals surface area contributed by atoms with Crippen LogP contribution in [-0.2, 0) is 14.1 Å². The third-order valence-electron chi connectivity index (χ3n) is 1.28. The van der Waals surface area contributed by atoms with Gasteiger partial charge in [-0.25, -0.2) is 9.13 Å². The van der Waals surface area contributed by atoms with Gasteiger partial charge in [-0.2, -0.15) is 5.26 Å². The van der Waals surface area contributed by atoms with E-state index in [0.717, 1.165) is 0 Å². The first-order valence-electron chi connectivity index (χ1n) is 2.66. The molecule has 1 rings (SSSR count). The number of aryl methyl sites for hydroxylation is 2. The molecule has 0 saturated carbocycles. The van der Waals surface area contributed by atoms with Gasteiger partial charge in [0.1, 0.15) is 12.4 Å². The molecule has 0 amide bonds. The lowest BCUT2D eigenvalue weighted by molar-refractivity contribution is -0.673. The number of hydrogen-bond donors (Lipinski definition) is 0. The van der Waals surface area contributed by atoms with Crippen LogP contribution >= 0.6 is 0 Å². The van der Waals surface area contributed by atoms with E-state index in [-0.39, 0.29) is 0 Å². The predicted octanol–water partition coefficient (Wildman–Crippen LogP) is -0.279. The van der Waals surface area contributed by atoms with Gasteiger partial charge >= 0.3 is 5.82 Å². The molecule has 9 heavy (non-hydrogen) atoms. The Morgan fingerprint density at radius 1 is 1.78 bits per heavy atom. The Labute approximate surface area is 53.8 Å². The van der Waals surface area contributed by atoms with Crippen LogP contribution in [0, 0.1) is 11.3 Å². The van der Waals surface area contributed by atoms with E-state index >= 15 is 0 Å². The second-order valence-electron chi connectivity index (χ2n) is 1.96. The van der Waals surface area contributed by atoms with Crippen molar-refractivity contribution in [2.24, 2.45) is 14.1 Å². The number of nitriles is 1. The van der Waals surface area contributed by atoms with Crippen molar-refractivity contribution in [3.63, 3.8) is 0 Å². The summed E-state index contributed by atoms with van der Waals surface area (Å²) in [5.74, 6) is 0.662. The first kappa shape index (κ1) is 5.83. The molecule has 1 heterocycles. The van der Waals surface area contributed by atoms with Crippen molar-refractivity contribution in [2.45, 2.75) is 0 Å². The Kier molecular flexibility index (Phi) is 1.23. The molecule has 1 aromatic rings. The summed E-state index contributed by atoms with van der Waals surface area (Å²) in [6.07, 6.45) is 3.69. The Morgan fingerprint density at radius 2 is 2.44 bits per heavy atom. The number of imidazole rings is 1. The van der Waals surface area contributed by atoms with Crippen molar-refractivity contribution in [3.8, 4) is 6.07 Å². The van der Waals surface area contributed by atoms with E-state index in [4.69, 9.17) is 5.26 Å². The highest BCUT2D eigenvalue weighted by atomic mass is 15.1. The van der Waals surface area contributed by atoms with Crippen LogP contribution in [0.3, 0.4) is 0 Å². The van der Waals surface area contributed by atoms with Gasteiger partial charge in [0.25, 0.3) is 0 Å². The summed E-state index contributed by atoms with van der Waals surface area (Å²) in [5, 5.41) is 8.50. The smallest absolute Gasteiger partial charge is 0.224 e. The van der Waals surface area contributed by atoms with Gasteiger partial charge in [0.15, 0.2) is 6.07 Å². The zero-order chi connectivity index (χ0) is 6.85. The number of nitrogens with zero attached hydrogens (tertiary/aromatic N) is 3. The molecule has 0 bridgehead atoms. The number of rotatable bonds is 0. The molecule has 0 N–H and O–H groups in total. The lowest BCUT2D eigenvalue weighted by Gasteiger charge is -1.81. The fourth-order valence-electron chi connectivity index (χ4n) is 0.748. The van der Waals surface area contributed by atoms with Crippen molar-refractivity contribution in [1.82, 2.24) is 4.57 Å². The van der Waals surface area contributed by atoms with Gasteiger partial charge in [0.2, 0.25) is 0 Å². The average Bonchev–Trinajstić information content (AvgIpc) is 2.12. The first-order chi connectivity index (χ1) is 4.25. The molecule has 0 saturated heterocycles. The molecule has 0 aliphatic carbocycles. The van der Waals surface area contributed by atoms with Gasteiger partial charge in [-0.15, -0.1) is 0 Å².